The Hall–Kier alpha value is -3.09. The second-order valence-electron chi connectivity index (χ2n) is 6.72. The molecule has 0 aliphatic heterocycles. The number of H-pyrrole nitrogens is 1. The number of carbonyl (C=O) groups excluding carboxylic acids is 3. The summed E-state index contributed by atoms with van der Waals surface area (Å²) in [4.78, 5) is 40.1. The highest BCUT2D eigenvalue weighted by atomic mass is 16.5. The highest BCUT2D eigenvalue weighted by Gasteiger charge is 2.27. The fourth-order valence-corrected chi connectivity index (χ4v) is 2.80. The number of Topliss-reactive ketones (excluding diaryl/α,β-unsaturated/α-hetero) is 1. The van der Waals surface area contributed by atoms with Gasteiger partial charge in [-0.1, -0.05) is 0 Å². The first-order valence-corrected chi connectivity index (χ1v) is 8.95. The van der Waals surface area contributed by atoms with Crippen LogP contribution in [-0.4, -0.2) is 42.0 Å². The molecule has 0 saturated carbocycles. The Labute approximate surface area is 164 Å². The van der Waals surface area contributed by atoms with Gasteiger partial charge in [0.2, 0.25) is 5.78 Å². The molecule has 0 amide bonds. The zero-order chi connectivity index (χ0) is 21.0. The van der Waals surface area contributed by atoms with Crippen LogP contribution in [0.1, 0.15) is 63.2 Å². The van der Waals surface area contributed by atoms with Crippen molar-refractivity contribution in [2.24, 2.45) is 0 Å². The average molecular weight is 387 g/mol. The lowest BCUT2D eigenvalue weighted by atomic mass is 10.1. The van der Waals surface area contributed by atoms with Gasteiger partial charge in [0.05, 0.1) is 18.8 Å². The van der Waals surface area contributed by atoms with Crippen LogP contribution in [0.15, 0.2) is 24.3 Å². The first-order chi connectivity index (χ1) is 13.1. The lowest BCUT2D eigenvalue weighted by Gasteiger charge is -2.12. The first-order valence-electron chi connectivity index (χ1n) is 8.95. The van der Waals surface area contributed by atoms with Gasteiger partial charge in [-0.2, -0.15) is 0 Å². The summed E-state index contributed by atoms with van der Waals surface area (Å²) in [6.07, 6.45) is -1.27. The molecule has 7 heteroatoms. The Kier molecular flexibility index (Phi) is 6.62. The van der Waals surface area contributed by atoms with E-state index in [9.17, 15) is 14.4 Å². The quantitative estimate of drug-likeness (QED) is 0.576. The van der Waals surface area contributed by atoms with Crippen LogP contribution in [0.4, 0.5) is 0 Å². The maximum Gasteiger partial charge on any atom is 0.355 e. The number of benzene rings is 1. The topological polar surface area (TPSA) is 94.7 Å². The van der Waals surface area contributed by atoms with E-state index in [2.05, 4.69) is 4.98 Å². The molecule has 1 N–H and O–H groups in total. The van der Waals surface area contributed by atoms with Crippen LogP contribution < -0.4 is 4.74 Å². The van der Waals surface area contributed by atoms with Crippen molar-refractivity contribution in [3.8, 4) is 5.75 Å². The molecule has 1 aromatic carbocycles. The van der Waals surface area contributed by atoms with Crippen LogP contribution in [0.3, 0.4) is 0 Å². The number of carbonyl (C=O) groups is 3. The average Bonchev–Trinajstić information content (AvgIpc) is 2.94. The predicted octanol–water partition coefficient (Wildman–Crippen LogP) is 3.63. The Morgan fingerprint density at radius 2 is 1.54 bits per heavy atom. The first kappa shape index (κ1) is 21.2. The Morgan fingerprint density at radius 3 is 2.07 bits per heavy atom. The SMILES string of the molecule is COc1ccc(C(=O)[C@H](C)OC(=O)c2[nH]c(C)c(C(=O)OC(C)C)c2C)cc1. The van der Waals surface area contributed by atoms with Crippen molar-refractivity contribution in [1.29, 1.82) is 0 Å². The van der Waals surface area contributed by atoms with E-state index in [0.29, 0.717) is 28.1 Å². The fourth-order valence-electron chi connectivity index (χ4n) is 2.80. The van der Waals surface area contributed by atoms with Gasteiger partial charge in [0.15, 0.2) is 6.10 Å². The number of aromatic nitrogens is 1. The summed E-state index contributed by atoms with van der Waals surface area (Å²) in [6.45, 7) is 8.30. The number of rotatable bonds is 7. The molecule has 1 atom stereocenters. The summed E-state index contributed by atoms with van der Waals surface area (Å²) < 4.78 is 15.6. The predicted molar refractivity (Wildman–Crippen MR) is 103 cm³/mol. The smallest absolute Gasteiger partial charge is 0.355 e. The van der Waals surface area contributed by atoms with Gasteiger partial charge >= 0.3 is 11.9 Å². The van der Waals surface area contributed by atoms with E-state index in [1.807, 2.05) is 0 Å². The number of hydrogen-bond acceptors (Lipinski definition) is 6. The minimum atomic E-state index is -0.991. The van der Waals surface area contributed by atoms with Gasteiger partial charge in [-0.3, -0.25) is 4.79 Å². The maximum atomic E-state index is 12.5. The lowest BCUT2D eigenvalue weighted by Crippen LogP contribution is -2.25. The highest BCUT2D eigenvalue weighted by molar-refractivity contribution is 6.02. The third-order valence-corrected chi connectivity index (χ3v) is 4.22. The molecule has 7 nitrogen and oxygen atoms in total. The monoisotopic (exact) mass is 387 g/mol. The van der Waals surface area contributed by atoms with Crippen LogP contribution in [0.25, 0.3) is 0 Å². The third-order valence-electron chi connectivity index (χ3n) is 4.22. The molecular formula is C21H25NO6. The van der Waals surface area contributed by atoms with Crippen molar-refractivity contribution in [2.75, 3.05) is 7.11 Å². The van der Waals surface area contributed by atoms with Gasteiger partial charge in [-0.25, -0.2) is 9.59 Å². The van der Waals surface area contributed by atoms with E-state index < -0.39 is 18.0 Å². The number of hydrogen-bond donors (Lipinski definition) is 1. The fraction of sp³-hybridized carbons (Fsp3) is 0.381. The number of ketones is 1. The van der Waals surface area contributed by atoms with Crippen molar-refractivity contribution in [1.82, 2.24) is 4.98 Å². The molecule has 150 valence electrons. The van der Waals surface area contributed by atoms with Crippen LogP contribution in [0.2, 0.25) is 0 Å². The third kappa shape index (κ3) is 4.60. The van der Waals surface area contributed by atoms with Crippen molar-refractivity contribution < 1.29 is 28.6 Å². The largest absolute Gasteiger partial charge is 0.497 e. The summed E-state index contributed by atoms with van der Waals surface area (Å²) in [6, 6.07) is 6.53. The molecule has 2 rings (SSSR count). The van der Waals surface area contributed by atoms with Gasteiger partial charge in [0, 0.05) is 11.3 Å². The van der Waals surface area contributed by atoms with Crippen LogP contribution >= 0.6 is 0 Å². The zero-order valence-corrected chi connectivity index (χ0v) is 16.9. The van der Waals surface area contributed by atoms with Crippen LogP contribution in [0, 0.1) is 13.8 Å². The number of nitrogens with one attached hydrogen (secondary N) is 1. The maximum absolute atomic E-state index is 12.5. The number of esters is 2. The molecule has 0 aliphatic rings. The van der Waals surface area contributed by atoms with E-state index in [0.717, 1.165) is 0 Å². The van der Waals surface area contributed by atoms with Gasteiger partial charge in [-0.15, -0.1) is 0 Å². The van der Waals surface area contributed by atoms with E-state index in [1.165, 1.54) is 14.0 Å². The van der Waals surface area contributed by atoms with E-state index in [-0.39, 0.29) is 17.6 Å². The van der Waals surface area contributed by atoms with Crippen molar-refractivity contribution >= 4 is 17.7 Å². The Morgan fingerprint density at radius 1 is 0.929 bits per heavy atom. The summed E-state index contributed by atoms with van der Waals surface area (Å²) in [7, 11) is 1.53. The summed E-state index contributed by atoms with van der Waals surface area (Å²) in [5.41, 5.74) is 1.76. The lowest BCUT2D eigenvalue weighted by molar-refractivity contribution is 0.0313. The summed E-state index contributed by atoms with van der Waals surface area (Å²) in [5, 5.41) is 0. The minimum absolute atomic E-state index is 0.127. The number of ether oxygens (including phenoxy) is 3. The number of aromatic amines is 1. The number of methoxy groups -OCH3 is 1. The van der Waals surface area contributed by atoms with E-state index >= 15 is 0 Å². The molecular weight excluding hydrogens is 362 g/mol. The second-order valence-corrected chi connectivity index (χ2v) is 6.72. The molecule has 0 fully saturated rings. The van der Waals surface area contributed by atoms with Gasteiger partial charge in [-0.05, 0) is 64.4 Å². The van der Waals surface area contributed by atoms with Crippen LogP contribution in [0.5, 0.6) is 5.75 Å². The van der Waals surface area contributed by atoms with Crippen LogP contribution in [-0.2, 0) is 9.47 Å². The Bertz CT molecular complexity index is 879. The molecule has 28 heavy (non-hydrogen) atoms. The molecule has 0 aliphatic carbocycles. The van der Waals surface area contributed by atoms with Crippen molar-refractivity contribution in [2.45, 2.75) is 46.8 Å². The summed E-state index contributed by atoms with van der Waals surface area (Å²) >= 11 is 0. The minimum Gasteiger partial charge on any atom is -0.497 e. The Balaban J connectivity index is 2.15. The zero-order valence-electron chi connectivity index (χ0n) is 16.9. The number of aryl methyl sites for hydroxylation is 1. The molecule has 0 bridgehead atoms. The van der Waals surface area contributed by atoms with E-state index in [1.54, 1.807) is 52.0 Å². The standard InChI is InChI=1S/C21H25NO6/c1-11(2)27-20(24)17-12(3)18(22-13(17)4)21(25)28-14(5)19(23)15-7-9-16(26-6)10-8-15/h7-11,14,22H,1-6H3/t14-/m0/s1. The molecule has 0 unspecified atom stereocenters. The molecule has 1 heterocycles. The van der Waals surface area contributed by atoms with Crippen molar-refractivity contribution in [3.05, 3.63) is 52.3 Å². The van der Waals surface area contributed by atoms with Gasteiger partial charge < -0.3 is 19.2 Å². The van der Waals surface area contributed by atoms with Crippen molar-refractivity contribution in [3.63, 3.8) is 0 Å². The normalized spacial score (nSPS) is 11.8. The molecule has 0 radical (unpaired) electrons. The molecule has 2 aromatic rings. The highest BCUT2D eigenvalue weighted by Crippen LogP contribution is 2.21. The van der Waals surface area contributed by atoms with E-state index in [4.69, 9.17) is 14.2 Å². The molecule has 0 spiro atoms. The second kappa shape index (κ2) is 8.73. The molecule has 1 aromatic heterocycles. The van der Waals surface area contributed by atoms with Gasteiger partial charge in [0.25, 0.3) is 0 Å². The van der Waals surface area contributed by atoms with Gasteiger partial charge in [0.1, 0.15) is 11.4 Å². The summed E-state index contributed by atoms with van der Waals surface area (Å²) in [5.74, 6) is -0.933. The molecule has 0 saturated heterocycles.